The molecule has 1 fully saturated rings. The molecule has 1 aliphatic carbocycles. The van der Waals surface area contributed by atoms with Crippen LogP contribution in [0.3, 0.4) is 0 Å². The minimum atomic E-state index is 0.531. The van der Waals surface area contributed by atoms with E-state index in [1.165, 1.54) is 12.8 Å². The summed E-state index contributed by atoms with van der Waals surface area (Å²) in [6, 6.07) is 0.586. The predicted molar refractivity (Wildman–Crippen MR) is 55.4 cm³/mol. The van der Waals surface area contributed by atoms with Crippen molar-refractivity contribution in [2.75, 3.05) is 7.05 Å². The first-order valence-electron chi connectivity index (χ1n) is 5.04. The summed E-state index contributed by atoms with van der Waals surface area (Å²) < 4.78 is 4.86. The molecule has 82 valence electrons. The van der Waals surface area contributed by atoms with Crippen molar-refractivity contribution in [3.8, 4) is 0 Å². The van der Waals surface area contributed by atoms with Crippen LogP contribution in [-0.4, -0.2) is 29.2 Å². The summed E-state index contributed by atoms with van der Waals surface area (Å²) in [5, 5.41) is 10.2. The number of aromatic nitrogens is 2. The van der Waals surface area contributed by atoms with E-state index in [4.69, 9.17) is 4.52 Å². The fourth-order valence-corrected chi connectivity index (χ4v) is 1.19. The molecule has 0 bridgehead atoms. The van der Waals surface area contributed by atoms with Gasteiger partial charge in [-0.05, 0) is 12.8 Å². The minimum absolute atomic E-state index is 0.531. The third-order valence-electron chi connectivity index (χ3n) is 2.13. The molecule has 0 atom stereocenters. The van der Waals surface area contributed by atoms with E-state index in [0.29, 0.717) is 24.3 Å². The van der Waals surface area contributed by atoms with E-state index in [1.807, 2.05) is 0 Å². The maximum atomic E-state index is 4.86. The van der Waals surface area contributed by atoms with Crippen molar-refractivity contribution in [3.05, 3.63) is 11.7 Å². The molecule has 1 aromatic rings. The molecule has 0 amide bonds. The molecule has 0 radical (unpaired) electrons. The van der Waals surface area contributed by atoms with Crippen molar-refractivity contribution in [2.24, 2.45) is 4.99 Å². The zero-order valence-corrected chi connectivity index (χ0v) is 8.95. The molecule has 0 unspecified atom stereocenters. The largest absolute Gasteiger partial charge is 0.354 e. The number of aryl methyl sites for hydroxylation is 1. The number of guanidine groups is 1. The number of hydrogen-bond acceptors (Lipinski definition) is 4. The number of aliphatic imine (C=N–C) groups is 1. The standard InChI is InChI=1S/C9H15N5O/c1-6-12-8(14-15-6)5-11-9(10-2)13-7-3-4-7/h7H,3-5H2,1-2H3,(H2,10,11,13). The Morgan fingerprint density at radius 2 is 2.40 bits per heavy atom. The highest BCUT2D eigenvalue weighted by atomic mass is 16.5. The van der Waals surface area contributed by atoms with Gasteiger partial charge in [-0.25, -0.2) is 0 Å². The van der Waals surface area contributed by atoms with Crippen LogP contribution in [0.2, 0.25) is 0 Å². The summed E-state index contributed by atoms with van der Waals surface area (Å²) in [4.78, 5) is 8.19. The second-order valence-corrected chi connectivity index (χ2v) is 3.57. The van der Waals surface area contributed by atoms with Gasteiger partial charge in [0.25, 0.3) is 0 Å². The zero-order chi connectivity index (χ0) is 10.7. The number of nitrogens with zero attached hydrogens (tertiary/aromatic N) is 3. The summed E-state index contributed by atoms with van der Waals surface area (Å²) in [5.41, 5.74) is 0. The molecule has 6 nitrogen and oxygen atoms in total. The van der Waals surface area contributed by atoms with Gasteiger partial charge in [0, 0.05) is 20.0 Å². The van der Waals surface area contributed by atoms with Crippen molar-refractivity contribution in [2.45, 2.75) is 32.4 Å². The second-order valence-electron chi connectivity index (χ2n) is 3.57. The van der Waals surface area contributed by atoms with Crippen LogP contribution in [0.25, 0.3) is 0 Å². The smallest absolute Gasteiger partial charge is 0.223 e. The highest BCUT2D eigenvalue weighted by Crippen LogP contribution is 2.18. The van der Waals surface area contributed by atoms with E-state index < -0.39 is 0 Å². The lowest BCUT2D eigenvalue weighted by Gasteiger charge is -2.08. The molecular weight excluding hydrogens is 194 g/mol. The van der Waals surface area contributed by atoms with Gasteiger partial charge in [-0.1, -0.05) is 5.16 Å². The molecule has 6 heteroatoms. The van der Waals surface area contributed by atoms with Crippen LogP contribution in [0.4, 0.5) is 0 Å². The van der Waals surface area contributed by atoms with Gasteiger partial charge in [-0.2, -0.15) is 4.98 Å². The zero-order valence-electron chi connectivity index (χ0n) is 8.95. The van der Waals surface area contributed by atoms with E-state index in [2.05, 4.69) is 25.8 Å². The third kappa shape index (κ3) is 2.93. The van der Waals surface area contributed by atoms with Crippen LogP contribution in [0.1, 0.15) is 24.6 Å². The lowest BCUT2D eigenvalue weighted by Crippen LogP contribution is -2.38. The number of rotatable bonds is 3. The van der Waals surface area contributed by atoms with Crippen molar-refractivity contribution in [3.63, 3.8) is 0 Å². The molecule has 0 spiro atoms. The summed E-state index contributed by atoms with van der Waals surface area (Å²) >= 11 is 0. The van der Waals surface area contributed by atoms with Crippen molar-refractivity contribution in [1.82, 2.24) is 20.8 Å². The Bertz CT molecular complexity index is 355. The van der Waals surface area contributed by atoms with Crippen LogP contribution >= 0.6 is 0 Å². The van der Waals surface area contributed by atoms with Crippen LogP contribution in [-0.2, 0) is 6.54 Å². The van der Waals surface area contributed by atoms with Gasteiger partial charge in [0.05, 0.1) is 6.54 Å². The van der Waals surface area contributed by atoms with Crippen LogP contribution in [0.5, 0.6) is 0 Å². The fraction of sp³-hybridized carbons (Fsp3) is 0.667. The molecule has 0 saturated heterocycles. The van der Waals surface area contributed by atoms with Crippen LogP contribution < -0.4 is 10.6 Å². The highest BCUT2D eigenvalue weighted by Gasteiger charge is 2.22. The van der Waals surface area contributed by atoms with Crippen molar-refractivity contribution in [1.29, 1.82) is 0 Å². The molecule has 1 aliphatic rings. The van der Waals surface area contributed by atoms with E-state index in [-0.39, 0.29) is 0 Å². The normalized spacial score (nSPS) is 16.5. The monoisotopic (exact) mass is 209 g/mol. The third-order valence-corrected chi connectivity index (χ3v) is 2.13. The van der Waals surface area contributed by atoms with E-state index >= 15 is 0 Å². The summed E-state index contributed by atoms with van der Waals surface area (Å²) in [6.45, 7) is 2.30. The fourth-order valence-electron chi connectivity index (χ4n) is 1.19. The maximum absolute atomic E-state index is 4.86. The molecule has 0 aliphatic heterocycles. The topological polar surface area (TPSA) is 75.3 Å². The van der Waals surface area contributed by atoms with Gasteiger partial charge in [-0.3, -0.25) is 4.99 Å². The summed E-state index contributed by atoms with van der Waals surface area (Å²) in [6.07, 6.45) is 2.45. The van der Waals surface area contributed by atoms with E-state index in [0.717, 1.165) is 5.96 Å². The Labute approximate surface area is 88.2 Å². The molecule has 2 rings (SSSR count). The Kier molecular flexibility index (Phi) is 2.84. The van der Waals surface area contributed by atoms with E-state index in [1.54, 1.807) is 14.0 Å². The van der Waals surface area contributed by atoms with Gasteiger partial charge in [0.1, 0.15) is 0 Å². The lowest BCUT2D eigenvalue weighted by atomic mass is 10.6. The first kappa shape index (κ1) is 9.95. The first-order valence-corrected chi connectivity index (χ1v) is 5.04. The molecule has 15 heavy (non-hydrogen) atoms. The van der Waals surface area contributed by atoms with Crippen LogP contribution in [0.15, 0.2) is 9.52 Å². The SMILES string of the molecule is CN=C(NCc1noc(C)n1)NC1CC1. The predicted octanol–water partition coefficient (Wildman–Crippen LogP) is 0.205. The van der Waals surface area contributed by atoms with Crippen molar-refractivity contribution < 1.29 is 4.52 Å². The Morgan fingerprint density at radius 1 is 1.60 bits per heavy atom. The van der Waals surface area contributed by atoms with Crippen molar-refractivity contribution >= 4 is 5.96 Å². The maximum Gasteiger partial charge on any atom is 0.223 e. The quantitative estimate of drug-likeness (QED) is 0.549. The Hall–Kier alpha value is -1.59. The summed E-state index contributed by atoms with van der Waals surface area (Å²) in [5.74, 6) is 2.02. The number of nitrogens with one attached hydrogen (secondary N) is 2. The second kappa shape index (κ2) is 4.29. The van der Waals surface area contributed by atoms with Crippen LogP contribution in [0, 0.1) is 6.92 Å². The average Bonchev–Trinajstić information content (AvgIpc) is 2.95. The molecule has 1 aromatic heterocycles. The van der Waals surface area contributed by atoms with Gasteiger partial charge in [0.15, 0.2) is 11.8 Å². The minimum Gasteiger partial charge on any atom is -0.354 e. The first-order chi connectivity index (χ1) is 7.28. The number of hydrogen-bond donors (Lipinski definition) is 2. The Morgan fingerprint density at radius 3 is 2.93 bits per heavy atom. The van der Waals surface area contributed by atoms with E-state index in [9.17, 15) is 0 Å². The average molecular weight is 209 g/mol. The van der Waals surface area contributed by atoms with Gasteiger partial charge < -0.3 is 15.2 Å². The van der Waals surface area contributed by atoms with Gasteiger partial charge in [0.2, 0.25) is 5.89 Å². The van der Waals surface area contributed by atoms with Gasteiger partial charge in [-0.15, -0.1) is 0 Å². The lowest BCUT2D eigenvalue weighted by molar-refractivity contribution is 0.387. The highest BCUT2D eigenvalue weighted by molar-refractivity contribution is 5.80. The Balaban J connectivity index is 1.80. The molecule has 1 heterocycles. The summed E-state index contributed by atoms with van der Waals surface area (Å²) in [7, 11) is 1.75. The molecule has 2 N–H and O–H groups in total. The molecular formula is C9H15N5O. The molecule has 0 aromatic carbocycles. The van der Waals surface area contributed by atoms with Gasteiger partial charge >= 0.3 is 0 Å². The molecule has 1 saturated carbocycles.